The van der Waals surface area contributed by atoms with Gasteiger partial charge in [-0.25, -0.2) is 8.78 Å². The van der Waals surface area contributed by atoms with Gasteiger partial charge in [0.15, 0.2) is 17.1 Å². The van der Waals surface area contributed by atoms with Crippen molar-refractivity contribution in [2.24, 2.45) is 0 Å². The average molecular weight is 306 g/mol. The first-order chi connectivity index (χ1) is 10.5. The summed E-state index contributed by atoms with van der Waals surface area (Å²) >= 11 is 0. The minimum absolute atomic E-state index is 0.0552. The topological polar surface area (TPSA) is 34.0 Å². The smallest absolute Gasteiger partial charge is 0.186 e. The number of aromatic nitrogens is 1. The highest BCUT2D eigenvalue weighted by Crippen LogP contribution is 2.15. The van der Waals surface area contributed by atoms with Crippen LogP contribution >= 0.6 is 0 Å². The first-order valence-electron chi connectivity index (χ1n) is 7.41. The average Bonchev–Trinajstić information content (AvgIpc) is 2.48. The van der Waals surface area contributed by atoms with Crippen molar-refractivity contribution in [1.29, 1.82) is 0 Å². The van der Waals surface area contributed by atoms with Crippen molar-refractivity contribution in [2.75, 3.05) is 6.54 Å². The second-order valence-electron chi connectivity index (χ2n) is 5.30. The molecule has 22 heavy (non-hydrogen) atoms. The predicted octanol–water partition coefficient (Wildman–Crippen LogP) is 3.31. The minimum atomic E-state index is -0.904. The fourth-order valence-electron chi connectivity index (χ4n) is 2.24. The second kappa shape index (κ2) is 7.31. The van der Waals surface area contributed by atoms with E-state index in [9.17, 15) is 13.6 Å². The molecule has 0 aliphatic rings. The Kier molecular flexibility index (Phi) is 5.44. The summed E-state index contributed by atoms with van der Waals surface area (Å²) in [5, 5.41) is 3.21. The monoisotopic (exact) mass is 306 g/mol. The number of nitrogens with zero attached hydrogens (tertiary/aromatic N) is 1. The molecule has 5 heteroatoms. The SMILES string of the molecule is CCCCNCc1cn(-c2ccc(F)c(F)c2)c(C)cc1=O. The van der Waals surface area contributed by atoms with Gasteiger partial charge in [-0.15, -0.1) is 0 Å². The van der Waals surface area contributed by atoms with Crippen LogP contribution in [-0.2, 0) is 6.54 Å². The fraction of sp³-hybridized carbons (Fsp3) is 0.353. The first-order valence-corrected chi connectivity index (χ1v) is 7.41. The molecule has 0 fully saturated rings. The standard InChI is InChI=1S/C17H20F2N2O/c1-3-4-7-20-10-13-11-21(12(2)8-17(13)22)14-5-6-15(18)16(19)9-14/h5-6,8-9,11,20H,3-4,7,10H2,1-2H3. The number of nitrogens with one attached hydrogen (secondary N) is 1. The third-order valence-corrected chi connectivity index (χ3v) is 3.53. The lowest BCUT2D eigenvalue weighted by molar-refractivity contribution is 0.508. The van der Waals surface area contributed by atoms with Gasteiger partial charge in [-0.2, -0.15) is 0 Å². The molecule has 0 radical (unpaired) electrons. The van der Waals surface area contributed by atoms with E-state index in [4.69, 9.17) is 0 Å². The molecule has 2 rings (SSSR count). The van der Waals surface area contributed by atoms with Gasteiger partial charge >= 0.3 is 0 Å². The number of benzene rings is 1. The maximum absolute atomic E-state index is 13.4. The van der Waals surface area contributed by atoms with Crippen LogP contribution in [0.25, 0.3) is 5.69 Å². The van der Waals surface area contributed by atoms with Gasteiger partial charge in [0, 0.05) is 41.8 Å². The van der Waals surface area contributed by atoms with Crippen molar-refractivity contribution in [1.82, 2.24) is 9.88 Å². The molecule has 0 aliphatic heterocycles. The first kappa shape index (κ1) is 16.4. The van der Waals surface area contributed by atoms with E-state index >= 15 is 0 Å². The van der Waals surface area contributed by atoms with Crippen molar-refractivity contribution in [3.8, 4) is 5.69 Å². The highest BCUT2D eigenvalue weighted by Gasteiger charge is 2.08. The number of hydrogen-bond donors (Lipinski definition) is 1. The number of rotatable bonds is 6. The summed E-state index contributed by atoms with van der Waals surface area (Å²) in [6.45, 7) is 5.17. The molecule has 0 saturated carbocycles. The molecule has 1 aromatic heterocycles. The molecule has 2 aromatic rings. The second-order valence-corrected chi connectivity index (χ2v) is 5.30. The van der Waals surface area contributed by atoms with Gasteiger partial charge in [-0.05, 0) is 32.0 Å². The highest BCUT2D eigenvalue weighted by atomic mass is 19.2. The molecule has 1 aromatic carbocycles. The van der Waals surface area contributed by atoms with Crippen LogP contribution in [0.4, 0.5) is 8.78 Å². The Morgan fingerprint density at radius 1 is 1.18 bits per heavy atom. The number of halogens is 2. The molecule has 118 valence electrons. The van der Waals surface area contributed by atoms with Crippen molar-refractivity contribution in [3.05, 3.63) is 63.6 Å². The van der Waals surface area contributed by atoms with Crippen LogP contribution < -0.4 is 10.7 Å². The van der Waals surface area contributed by atoms with Crippen LogP contribution in [0.3, 0.4) is 0 Å². The molecule has 1 N–H and O–H groups in total. The largest absolute Gasteiger partial charge is 0.320 e. The highest BCUT2D eigenvalue weighted by molar-refractivity contribution is 5.36. The minimum Gasteiger partial charge on any atom is -0.320 e. The third kappa shape index (κ3) is 3.80. The Labute approximate surface area is 128 Å². The van der Waals surface area contributed by atoms with Gasteiger partial charge in [-0.1, -0.05) is 13.3 Å². The van der Waals surface area contributed by atoms with Gasteiger partial charge in [-0.3, -0.25) is 4.79 Å². The van der Waals surface area contributed by atoms with Crippen molar-refractivity contribution in [2.45, 2.75) is 33.2 Å². The van der Waals surface area contributed by atoms with Crippen LogP contribution in [0.5, 0.6) is 0 Å². The number of pyridine rings is 1. The third-order valence-electron chi connectivity index (χ3n) is 3.53. The van der Waals surface area contributed by atoms with Crippen LogP contribution in [0.15, 0.2) is 35.3 Å². The number of aryl methyl sites for hydroxylation is 1. The van der Waals surface area contributed by atoms with E-state index < -0.39 is 11.6 Å². The van der Waals surface area contributed by atoms with E-state index in [2.05, 4.69) is 12.2 Å². The van der Waals surface area contributed by atoms with Gasteiger partial charge in [0.2, 0.25) is 0 Å². The van der Waals surface area contributed by atoms with E-state index in [1.807, 2.05) is 0 Å². The van der Waals surface area contributed by atoms with E-state index in [0.29, 0.717) is 23.5 Å². The Hall–Kier alpha value is -2.01. The van der Waals surface area contributed by atoms with Crippen molar-refractivity contribution in [3.63, 3.8) is 0 Å². The van der Waals surface area contributed by atoms with E-state index in [1.54, 1.807) is 17.7 Å². The van der Waals surface area contributed by atoms with Crippen LogP contribution in [0, 0.1) is 18.6 Å². The normalized spacial score (nSPS) is 10.9. The zero-order chi connectivity index (χ0) is 16.1. The van der Waals surface area contributed by atoms with Crippen LogP contribution in [0.1, 0.15) is 31.0 Å². The van der Waals surface area contributed by atoms with Crippen LogP contribution in [0.2, 0.25) is 0 Å². The molecular formula is C17H20F2N2O. The van der Waals surface area contributed by atoms with Crippen molar-refractivity contribution < 1.29 is 8.78 Å². The maximum atomic E-state index is 13.4. The Balaban J connectivity index is 2.31. The summed E-state index contributed by atoms with van der Waals surface area (Å²) in [5.74, 6) is -1.79. The quantitative estimate of drug-likeness (QED) is 0.831. The van der Waals surface area contributed by atoms with Crippen molar-refractivity contribution >= 4 is 0 Å². The molecule has 0 unspecified atom stereocenters. The summed E-state index contributed by atoms with van der Waals surface area (Å²) < 4.78 is 28.1. The number of unbranched alkanes of at least 4 members (excludes halogenated alkanes) is 1. The fourth-order valence-corrected chi connectivity index (χ4v) is 2.24. The number of hydrogen-bond acceptors (Lipinski definition) is 2. The summed E-state index contributed by atoms with van der Waals surface area (Å²) in [5.41, 5.74) is 1.71. The molecule has 0 aliphatic carbocycles. The molecule has 0 atom stereocenters. The maximum Gasteiger partial charge on any atom is 0.186 e. The molecule has 0 spiro atoms. The lowest BCUT2D eigenvalue weighted by Crippen LogP contribution is -2.22. The summed E-state index contributed by atoms with van der Waals surface area (Å²) in [7, 11) is 0. The molecule has 0 amide bonds. The summed E-state index contributed by atoms with van der Waals surface area (Å²) in [4.78, 5) is 12.0. The summed E-state index contributed by atoms with van der Waals surface area (Å²) in [6.07, 6.45) is 3.81. The molecule has 0 saturated heterocycles. The molecule has 0 bridgehead atoms. The van der Waals surface area contributed by atoms with E-state index in [-0.39, 0.29) is 5.43 Å². The Morgan fingerprint density at radius 2 is 1.95 bits per heavy atom. The lowest BCUT2D eigenvalue weighted by atomic mass is 10.2. The Morgan fingerprint density at radius 3 is 2.64 bits per heavy atom. The summed E-state index contributed by atoms with van der Waals surface area (Å²) in [6, 6.07) is 5.21. The zero-order valence-electron chi connectivity index (χ0n) is 12.8. The lowest BCUT2D eigenvalue weighted by Gasteiger charge is -2.13. The van der Waals surface area contributed by atoms with E-state index in [1.165, 1.54) is 12.1 Å². The van der Waals surface area contributed by atoms with Gasteiger partial charge in [0.25, 0.3) is 0 Å². The van der Waals surface area contributed by atoms with E-state index in [0.717, 1.165) is 31.5 Å². The Bertz CT molecular complexity index is 710. The molecule has 3 nitrogen and oxygen atoms in total. The van der Waals surface area contributed by atoms with Gasteiger partial charge < -0.3 is 9.88 Å². The molecule has 1 heterocycles. The van der Waals surface area contributed by atoms with Gasteiger partial charge in [0.1, 0.15) is 0 Å². The molecular weight excluding hydrogens is 286 g/mol. The zero-order valence-corrected chi connectivity index (χ0v) is 12.8. The van der Waals surface area contributed by atoms with Gasteiger partial charge in [0.05, 0.1) is 0 Å². The van der Waals surface area contributed by atoms with Crippen LogP contribution in [-0.4, -0.2) is 11.1 Å². The predicted molar refractivity (Wildman–Crippen MR) is 83.3 cm³/mol.